The Kier molecular flexibility index (Phi) is 4.68. The molecule has 4 nitrogen and oxygen atoms in total. The van der Waals surface area contributed by atoms with E-state index in [0.717, 1.165) is 35.7 Å². The summed E-state index contributed by atoms with van der Waals surface area (Å²) in [6.07, 6.45) is 1.30. The standard InChI is InChI=1S/C24H32N4/c1-16-12-17(2)15-27(14-16)21-13-20(24(4,5)6)25-23-22(18(3)26-28(21)23)19-10-8-7-9-11-19/h7-11,13,16-17H,12,14-15H2,1-6H3/t16-,17-/m1/s1. The smallest absolute Gasteiger partial charge is 0.165 e. The number of hydrogen-bond acceptors (Lipinski definition) is 3. The normalized spacial score (nSPS) is 20.7. The molecule has 0 radical (unpaired) electrons. The van der Waals surface area contributed by atoms with Crippen molar-refractivity contribution in [2.24, 2.45) is 11.8 Å². The average Bonchev–Trinajstić information content (AvgIpc) is 2.95. The third-order valence-corrected chi connectivity index (χ3v) is 5.77. The Morgan fingerprint density at radius 2 is 1.64 bits per heavy atom. The summed E-state index contributed by atoms with van der Waals surface area (Å²) in [7, 11) is 0. The zero-order valence-corrected chi connectivity index (χ0v) is 18.0. The van der Waals surface area contributed by atoms with Crippen LogP contribution in [0, 0.1) is 18.8 Å². The number of piperidine rings is 1. The molecule has 1 fully saturated rings. The van der Waals surface area contributed by atoms with Crippen molar-refractivity contribution in [1.82, 2.24) is 14.6 Å². The molecule has 1 aliphatic rings. The van der Waals surface area contributed by atoms with E-state index in [9.17, 15) is 0 Å². The molecule has 4 rings (SSSR count). The van der Waals surface area contributed by atoms with E-state index in [4.69, 9.17) is 10.1 Å². The van der Waals surface area contributed by atoms with E-state index in [0.29, 0.717) is 11.8 Å². The van der Waals surface area contributed by atoms with Crippen LogP contribution in [0.4, 0.5) is 5.82 Å². The second-order valence-electron chi connectivity index (χ2n) is 9.66. The second-order valence-corrected chi connectivity index (χ2v) is 9.66. The van der Waals surface area contributed by atoms with Crippen LogP contribution in [-0.4, -0.2) is 27.7 Å². The van der Waals surface area contributed by atoms with Crippen molar-refractivity contribution in [3.63, 3.8) is 0 Å². The fraction of sp³-hybridized carbons (Fsp3) is 0.500. The molecule has 0 aliphatic carbocycles. The summed E-state index contributed by atoms with van der Waals surface area (Å²) in [4.78, 5) is 7.63. The lowest BCUT2D eigenvalue weighted by atomic mass is 9.90. The second kappa shape index (κ2) is 6.91. The van der Waals surface area contributed by atoms with Crippen LogP contribution < -0.4 is 4.90 Å². The van der Waals surface area contributed by atoms with E-state index in [2.05, 4.69) is 87.4 Å². The minimum absolute atomic E-state index is 0.0182. The van der Waals surface area contributed by atoms with Crippen LogP contribution in [0.2, 0.25) is 0 Å². The molecule has 0 saturated carbocycles. The molecular weight excluding hydrogens is 344 g/mol. The third-order valence-electron chi connectivity index (χ3n) is 5.77. The van der Waals surface area contributed by atoms with E-state index in [1.807, 2.05) is 0 Å². The summed E-state index contributed by atoms with van der Waals surface area (Å²) in [5.41, 5.74) is 5.43. The van der Waals surface area contributed by atoms with Gasteiger partial charge in [0.2, 0.25) is 0 Å². The minimum Gasteiger partial charge on any atom is -0.356 e. The van der Waals surface area contributed by atoms with E-state index < -0.39 is 0 Å². The van der Waals surface area contributed by atoms with Crippen LogP contribution in [0.3, 0.4) is 0 Å². The molecule has 1 saturated heterocycles. The maximum atomic E-state index is 5.11. The van der Waals surface area contributed by atoms with Gasteiger partial charge >= 0.3 is 0 Å². The van der Waals surface area contributed by atoms with Gasteiger partial charge in [-0.1, -0.05) is 65.0 Å². The Bertz CT molecular complexity index is 971. The van der Waals surface area contributed by atoms with E-state index in [1.165, 1.54) is 17.8 Å². The van der Waals surface area contributed by atoms with Crippen molar-refractivity contribution in [3.8, 4) is 11.1 Å². The van der Waals surface area contributed by atoms with Crippen molar-refractivity contribution in [2.45, 2.75) is 53.4 Å². The molecule has 4 heteroatoms. The molecule has 2 atom stereocenters. The highest BCUT2D eigenvalue weighted by Crippen LogP contribution is 2.34. The molecule has 3 aromatic rings. The molecule has 0 unspecified atom stereocenters. The van der Waals surface area contributed by atoms with E-state index >= 15 is 0 Å². The molecule has 0 spiro atoms. The average molecular weight is 377 g/mol. The first-order chi connectivity index (χ1) is 13.2. The Morgan fingerprint density at radius 1 is 1.00 bits per heavy atom. The summed E-state index contributed by atoms with van der Waals surface area (Å²) in [6.45, 7) is 15.7. The number of hydrogen-bond donors (Lipinski definition) is 0. The fourth-order valence-electron chi connectivity index (χ4n) is 4.51. The van der Waals surface area contributed by atoms with Gasteiger partial charge in [-0.25, -0.2) is 4.98 Å². The van der Waals surface area contributed by atoms with Gasteiger partial charge in [-0.05, 0) is 30.7 Å². The van der Waals surface area contributed by atoms with E-state index in [1.54, 1.807) is 0 Å². The van der Waals surface area contributed by atoms with Crippen LogP contribution >= 0.6 is 0 Å². The van der Waals surface area contributed by atoms with Crippen LogP contribution in [0.1, 0.15) is 52.4 Å². The van der Waals surface area contributed by atoms with Gasteiger partial charge in [-0.15, -0.1) is 0 Å². The van der Waals surface area contributed by atoms with Crippen LogP contribution in [0.25, 0.3) is 16.8 Å². The Morgan fingerprint density at radius 3 is 2.25 bits per heavy atom. The number of fused-ring (bicyclic) bond motifs is 1. The molecule has 1 aromatic carbocycles. The van der Waals surface area contributed by atoms with Crippen LogP contribution in [-0.2, 0) is 5.41 Å². The molecule has 0 N–H and O–H groups in total. The maximum Gasteiger partial charge on any atom is 0.165 e. The molecule has 0 amide bonds. The topological polar surface area (TPSA) is 33.4 Å². The number of aryl methyl sites for hydroxylation is 1. The van der Waals surface area contributed by atoms with Crippen molar-refractivity contribution >= 4 is 11.5 Å². The SMILES string of the molecule is Cc1nn2c(N3C[C@H](C)C[C@@H](C)C3)cc(C(C)(C)C)nc2c1-c1ccccc1. The van der Waals surface area contributed by atoms with Crippen LogP contribution in [0.15, 0.2) is 36.4 Å². The largest absolute Gasteiger partial charge is 0.356 e. The van der Waals surface area contributed by atoms with Gasteiger partial charge in [0.15, 0.2) is 5.65 Å². The zero-order valence-electron chi connectivity index (χ0n) is 18.0. The predicted octanol–water partition coefficient (Wildman–Crippen LogP) is 5.48. The van der Waals surface area contributed by atoms with Gasteiger partial charge in [0.25, 0.3) is 0 Å². The van der Waals surface area contributed by atoms with Gasteiger partial charge in [-0.3, -0.25) is 0 Å². The number of aromatic nitrogens is 3. The molecular formula is C24H32N4. The summed E-state index contributed by atoms with van der Waals surface area (Å²) >= 11 is 0. The Hall–Kier alpha value is -2.36. The first-order valence-corrected chi connectivity index (χ1v) is 10.4. The molecule has 0 bridgehead atoms. The zero-order chi connectivity index (χ0) is 20.1. The van der Waals surface area contributed by atoms with Gasteiger partial charge in [0.05, 0.1) is 11.4 Å². The maximum absolute atomic E-state index is 5.11. The molecule has 148 valence electrons. The summed E-state index contributed by atoms with van der Waals surface area (Å²) < 4.78 is 2.08. The minimum atomic E-state index is -0.0182. The molecule has 28 heavy (non-hydrogen) atoms. The third kappa shape index (κ3) is 3.41. The number of nitrogens with zero attached hydrogens (tertiary/aromatic N) is 4. The predicted molar refractivity (Wildman–Crippen MR) is 117 cm³/mol. The summed E-state index contributed by atoms with van der Waals surface area (Å²) in [6, 6.07) is 12.8. The number of anilines is 1. The van der Waals surface area contributed by atoms with Gasteiger partial charge < -0.3 is 4.90 Å². The first kappa shape index (κ1) is 19.0. The number of rotatable bonds is 2. The molecule has 1 aliphatic heterocycles. The van der Waals surface area contributed by atoms with Crippen molar-refractivity contribution in [2.75, 3.05) is 18.0 Å². The number of benzene rings is 1. The quantitative estimate of drug-likeness (QED) is 0.593. The monoisotopic (exact) mass is 376 g/mol. The van der Waals surface area contributed by atoms with Crippen molar-refractivity contribution in [1.29, 1.82) is 0 Å². The van der Waals surface area contributed by atoms with Gasteiger partial charge in [0, 0.05) is 30.1 Å². The summed E-state index contributed by atoms with van der Waals surface area (Å²) in [5, 5.41) is 4.95. The first-order valence-electron chi connectivity index (χ1n) is 10.4. The lowest BCUT2D eigenvalue weighted by Crippen LogP contribution is -2.40. The van der Waals surface area contributed by atoms with Gasteiger partial charge in [0.1, 0.15) is 5.82 Å². The Labute approximate surface area is 168 Å². The highest BCUT2D eigenvalue weighted by atomic mass is 15.4. The Balaban J connectivity index is 1.97. The highest BCUT2D eigenvalue weighted by Gasteiger charge is 2.28. The lowest BCUT2D eigenvalue weighted by Gasteiger charge is -2.37. The molecule has 2 aromatic heterocycles. The molecule has 3 heterocycles. The van der Waals surface area contributed by atoms with Gasteiger partial charge in [-0.2, -0.15) is 9.61 Å². The van der Waals surface area contributed by atoms with E-state index in [-0.39, 0.29) is 5.41 Å². The van der Waals surface area contributed by atoms with Crippen molar-refractivity contribution < 1.29 is 0 Å². The fourth-order valence-corrected chi connectivity index (χ4v) is 4.51. The van der Waals surface area contributed by atoms with Crippen molar-refractivity contribution in [3.05, 3.63) is 47.8 Å². The van der Waals surface area contributed by atoms with Crippen LogP contribution in [0.5, 0.6) is 0 Å². The lowest BCUT2D eigenvalue weighted by molar-refractivity contribution is 0.354. The highest BCUT2D eigenvalue weighted by molar-refractivity contribution is 5.81. The summed E-state index contributed by atoms with van der Waals surface area (Å²) in [5.74, 6) is 2.56.